The van der Waals surface area contributed by atoms with Crippen LogP contribution in [0.1, 0.15) is 57.0 Å². The Morgan fingerprint density at radius 1 is 1.06 bits per heavy atom. The summed E-state index contributed by atoms with van der Waals surface area (Å²) in [6.45, 7) is 4.77. The van der Waals surface area contributed by atoms with Gasteiger partial charge in [-0.25, -0.2) is 4.98 Å². The van der Waals surface area contributed by atoms with Crippen molar-refractivity contribution in [1.82, 2.24) is 10.3 Å². The Morgan fingerprint density at radius 2 is 1.85 bits per heavy atom. The summed E-state index contributed by atoms with van der Waals surface area (Å²) in [6, 6.07) is 13.2. The molecule has 34 heavy (non-hydrogen) atoms. The van der Waals surface area contributed by atoms with Crippen LogP contribution >= 0.6 is 0 Å². The Kier molecular flexibility index (Phi) is 9.38. The summed E-state index contributed by atoms with van der Waals surface area (Å²) in [5.41, 5.74) is 1.85. The van der Waals surface area contributed by atoms with E-state index in [9.17, 15) is 4.79 Å². The van der Waals surface area contributed by atoms with E-state index in [0.29, 0.717) is 30.4 Å². The molecular formula is C27H34N2O5. The van der Waals surface area contributed by atoms with Crippen LogP contribution in [0.25, 0.3) is 11.3 Å². The van der Waals surface area contributed by atoms with Gasteiger partial charge in [-0.1, -0.05) is 25.8 Å². The van der Waals surface area contributed by atoms with Crippen molar-refractivity contribution in [2.24, 2.45) is 0 Å². The molecule has 2 aromatic carbocycles. The lowest BCUT2D eigenvalue weighted by molar-refractivity contribution is -0.121. The first-order valence-electron chi connectivity index (χ1n) is 11.7. The zero-order valence-corrected chi connectivity index (χ0v) is 20.4. The Labute approximate surface area is 201 Å². The van der Waals surface area contributed by atoms with Crippen LogP contribution in [0.3, 0.4) is 0 Å². The van der Waals surface area contributed by atoms with E-state index in [2.05, 4.69) is 17.2 Å². The molecule has 0 aliphatic heterocycles. The average Bonchev–Trinajstić information content (AvgIpc) is 3.34. The molecule has 1 heterocycles. The number of methoxy groups -OCH3 is 2. The third kappa shape index (κ3) is 7.01. The van der Waals surface area contributed by atoms with Gasteiger partial charge in [0.15, 0.2) is 23.1 Å². The lowest BCUT2D eigenvalue weighted by atomic mass is 10.1. The van der Waals surface area contributed by atoms with Crippen LogP contribution in [-0.4, -0.2) is 31.7 Å². The van der Waals surface area contributed by atoms with Crippen LogP contribution in [0.2, 0.25) is 0 Å². The van der Waals surface area contributed by atoms with Gasteiger partial charge < -0.3 is 23.9 Å². The molecule has 0 aliphatic carbocycles. The molecule has 0 saturated carbocycles. The molecular weight excluding hydrogens is 432 g/mol. The third-order valence-electron chi connectivity index (χ3n) is 5.56. The molecule has 1 unspecified atom stereocenters. The molecule has 3 aromatic rings. The van der Waals surface area contributed by atoms with Crippen molar-refractivity contribution in [3.05, 3.63) is 60.1 Å². The highest BCUT2D eigenvalue weighted by Gasteiger charge is 2.15. The fraction of sp³-hybridized carbons (Fsp3) is 0.407. The minimum absolute atomic E-state index is 0.0736. The lowest BCUT2D eigenvalue weighted by Gasteiger charge is -2.17. The number of unbranched alkanes of at least 4 members (excludes halogenated alkanes) is 2. The fourth-order valence-corrected chi connectivity index (χ4v) is 3.54. The van der Waals surface area contributed by atoms with E-state index in [-0.39, 0.29) is 18.4 Å². The maximum atomic E-state index is 12.5. The van der Waals surface area contributed by atoms with Crippen molar-refractivity contribution in [3.8, 4) is 28.6 Å². The number of nitrogens with one attached hydrogen (secondary N) is 1. The van der Waals surface area contributed by atoms with Gasteiger partial charge in [-0.2, -0.15) is 0 Å². The second kappa shape index (κ2) is 12.7. The Hall–Kier alpha value is -3.48. The molecule has 0 aliphatic rings. The summed E-state index contributed by atoms with van der Waals surface area (Å²) in [5.74, 6) is 3.28. The van der Waals surface area contributed by atoms with Crippen LogP contribution < -0.4 is 19.5 Å². The summed E-state index contributed by atoms with van der Waals surface area (Å²) < 4.78 is 22.3. The standard InChI is InChI=1S/C27H34N2O5/c1-5-6-7-16-33-23-13-10-21(17-24(23)32-4)19(2)29-26(30)14-15-27-28-18-25(34-27)20-8-11-22(31-3)12-9-20/h8-13,17-19H,5-7,14-16H2,1-4H3,(H,29,30). The van der Waals surface area contributed by atoms with Gasteiger partial charge in [-0.05, 0) is 55.3 Å². The summed E-state index contributed by atoms with van der Waals surface area (Å²) in [4.78, 5) is 16.8. The van der Waals surface area contributed by atoms with Crippen molar-refractivity contribution in [2.75, 3.05) is 20.8 Å². The van der Waals surface area contributed by atoms with Crippen molar-refractivity contribution in [1.29, 1.82) is 0 Å². The average molecular weight is 467 g/mol. The minimum atomic E-state index is -0.171. The number of hydrogen-bond donors (Lipinski definition) is 1. The number of carbonyl (C=O) groups is 1. The molecule has 0 bridgehead atoms. The predicted octanol–water partition coefficient (Wildman–Crippen LogP) is 5.74. The molecule has 0 spiro atoms. The van der Waals surface area contributed by atoms with E-state index in [1.165, 1.54) is 0 Å². The summed E-state index contributed by atoms with van der Waals surface area (Å²) >= 11 is 0. The number of nitrogens with zero attached hydrogens (tertiary/aromatic N) is 1. The molecule has 182 valence electrons. The highest BCUT2D eigenvalue weighted by atomic mass is 16.5. The monoisotopic (exact) mass is 466 g/mol. The van der Waals surface area contributed by atoms with Crippen molar-refractivity contribution < 1.29 is 23.4 Å². The molecule has 3 rings (SSSR count). The van der Waals surface area contributed by atoms with Crippen molar-refractivity contribution >= 4 is 5.91 Å². The van der Waals surface area contributed by atoms with E-state index in [4.69, 9.17) is 18.6 Å². The highest BCUT2D eigenvalue weighted by molar-refractivity contribution is 5.76. The first-order chi connectivity index (χ1) is 16.5. The number of hydrogen-bond acceptors (Lipinski definition) is 6. The molecule has 0 radical (unpaired) electrons. The molecule has 1 N–H and O–H groups in total. The van der Waals surface area contributed by atoms with Crippen molar-refractivity contribution in [2.45, 2.75) is 52.0 Å². The number of amides is 1. The third-order valence-corrected chi connectivity index (χ3v) is 5.56. The van der Waals surface area contributed by atoms with E-state index < -0.39 is 0 Å². The molecule has 7 heteroatoms. The van der Waals surface area contributed by atoms with E-state index in [0.717, 1.165) is 41.9 Å². The molecule has 7 nitrogen and oxygen atoms in total. The van der Waals surface area contributed by atoms with Crippen LogP contribution in [-0.2, 0) is 11.2 Å². The molecule has 1 amide bonds. The van der Waals surface area contributed by atoms with Gasteiger partial charge in [0.2, 0.25) is 5.91 Å². The number of aromatic nitrogens is 1. The number of oxazole rings is 1. The minimum Gasteiger partial charge on any atom is -0.497 e. The normalized spacial score (nSPS) is 11.6. The second-order valence-electron chi connectivity index (χ2n) is 8.10. The van der Waals surface area contributed by atoms with E-state index in [1.807, 2.05) is 49.4 Å². The topological polar surface area (TPSA) is 82.8 Å². The number of rotatable bonds is 13. The summed E-state index contributed by atoms with van der Waals surface area (Å²) in [6.07, 6.45) is 5.68. The zero-order valence-electron chi connectivity index (χ0n) is 20.4. The maximum Gasteiger partial charge on any atom is 0.220 e. The molecule has 1 aromatic heterocycles. The van der Waals surface area contributed by atoms with Gasteiger partial charge >= 0.3 is 0 Å². The van der Waals surface area contributed by atoms with E-state index >= 15 is 0 Å². The van der Waals surface area contributed by atoms with Gasteiger partial charge in [-0.3, -0.25) is 4.79 Å². The number of carbonyl (C=O) groups excluding carboxylic acids is 1. The number of benzene rings is 2. The largest absolute Gasteiger partial charge is 0.497 e. The summed E-state index contributed by atoms with van der Waals surface area (Å²) in [5, 5.41) is 3.03. The SMILES string of the molecule is CCCCCOc1ccc(C(C)NC(=O)CCc2ncc(-c3ccc(OC)cc3)o2)cc1OC. The smallest absolute Gasteiger partial charge is 0.220 e. The predicted molar refractivity (Wildman–Crippen MR) is 131 cm³/mol. The van der Waals surface area contributed by atoms with Gasteiger partial charge in [0, 0.05) is 18.4 Å². The zero-order chi connectivity index (χ0) is 24.3. The second-order valence-corrected chi connectivity index (χ2v) is 8.10. The van der Waals surface area contributed by atoms with Gasteiger partial charge in [0.1, 0.15) is 5.75 Å². The fourth-order valence-electron chi connectivity index (χ4n) is 3.54. The molecule has 0 saturated heterocycles. The highest BCUT2D eigenvalue weighted by Crippen LogP contribution is 2.30. The van der Waals surface area contributed by atoms with Gasteiger partial charge in [0.05, 0.1) is 33.1 Å². The molecule has 0 fully saturated rings. The summed E-state index contributed by atoms with van der Waals surface area (Å²) in [7, 11) is 3.25. The number of aryl methyl sites for hydroxylation is 1. The quantitative estimate of drug-likeness (QED) is 0.324. The molecule has 1 atom stereocenters. The van der Waals surface area contributed by atoms with Crippen LogP contribution in [0.4, 0.5) is 0 Å². The van der Waals surface area contributed by atoms with Gasteiger partial charge in [-0.15, -0.1) is 0 Å². The Balaban J connectivity index is 1.51. The first-order valence-corrected chi connectivity index (χ1v) is 11.7. The van der Waals surface area contributed by atoms with Crippen LogP contribution in [0.15, 0.2) is 53.1 Å². The van der Waals surface area contributed by atoms with Crippen molar-refractivity contribution in [3.63, 3.8) is 0 Å². The van der Waals surface area contributed by atoms with E-state index in [1.54, 1.807) is 20.4 Å². The van der Waals surface area contributed by atoms with Gasteiger partial charge in [0.25, 0.3) is 0 Å². The Morgan fingerprint density at radius 3 is 2.56 bits per heavy atom. The van der Waals surface area contributed by atoms with Crippen LogP contribution in [0, 0.1) is 0 Å². The number of ether oxygens (including phenoxy) is 3. The van der Waals surface area contributed by atoms with Crippen LogP contribution in [0.5, 0.6) is 17.2 Å². The Bertz CT molecular complexity index is 1050. The lowest BCUT2D eigenvalue weighted by Crippen LogP contribution is -2.26. The first kappa shape index (κ1) is 25.1. The maximum absolute atomic E-state index is 12.5.